The van der Waals surface area contributed by atoms with Crippen LogP contribution >= 0.6 is 15.9 Å². The number of ketones is 1. The van der Waals surface area contributed by atoms with E-state index in [2.05, 4.69) is 22.9 Å². The molecule has 2 heterocycles. The highest BCUT2D eigenvalue weighted by atomic mass is 79.9. The van der Waals surface area contributed by atoms with E-state index in [1.807, 2.05) is 0 Å². The summed E-state index contributed by atoms with van der Waals surface area (Å²) >= 11 is 3.24. The molecule has 0 atom stereocenters. The maximum atomic E-state index is 11.6. The van der Waals surface area contributed by atoms with Gasteiger partial charge in [0.05, 0.1) is 10.9 Å². The lowest BCUT2D eigenvalue weighted by Gasteiger charge is -2.57. The number of hydrogen-bond acceptors (Lipinski definition) is 2. The monoisotopic (exact) mass is 232 g/mol. The van der Waals surface area contributed by atoms with Crippen molar-refractivity contribution in [2.45, 2.75) is 31.8 Å². The van der Waals surface area contributed by atoms with Crippen molar-refractivity contribution in [2.75, 3.05) is 11.9 Å². The summed E-state index contributed by atoms with van der Waals surface area (Å²) in [4.78, 5) is 11.6. The highest BCUT2D eigenvalue weighted by molar-refractivity contribution is 9.09. The summed E-state index contributed by atoms with van der Waals surface area (Å²) in [6.07, 6.45) is 2.79. The molecule has 2 aliphatic heterocycles. The smallest absolute Gasteiger partial charge is 0.149 e. The van der Waals surface area contributed by atoms with E-state index in [4.69, 9.17) is 4.74 Å². The van der Waals surface area contributed by atoms with Gasteiger partial charge in [-0.1, -0.05) is 15.9 Å². The maximum Gasteiger partial charge on any atom is 0.149 e. The lowest BCUT2D eigenvalue weighted by atomic mass is 9.55. The number of ether oxygens (including phenoxy) is 1. The number of halogens is 1. The molecule has 3 heteroatoms. The van der Waals surface area contributed by atoms with Gasteiger partial charge in [0.25, 0.3) is 0 Å². The average molecular weight is 233 g/mol. The summed E-state index contributed by atoms with van der Waals surface area (Å²) < 4.78 is 5.58. The first-order valence-corrected chi connectivity index (χ1v) is 5.46. The lowest BCUT2D eigenvalue weighted by Crippen LogP contribution is -2.60. The van der Waals surface area contributed by atoms with Gasteiger partial charge >= 0.3 is 0 Å². The van der Waals surface area contributed by atoms with Crippen LogP contribution in [0.15, 0.2) is 0 Å². The molecule has 12 heavy (non-hydrogen) atoms. The van der Waals surface area contributed by atoms with Crippen LogP contribution in [0.3, 0.4) is 0 Å². The van der Waals surface area contributed by atoms with Gasteiger partial charge in [-0.05, 0) is 26.2 Å². The van der Waals surface area contributed by atoms with Crippen molar-refractivity contribution in [3.05, 3.63) is 0 Å². The van der Waals surface area contributed by atoms with Crippen LogP contribution in [0.4, 0.5) is 0 Å². The molecule has 0 aromatic carbocycles. The number of Topliss-reactive ketones (excluding diaryl/α,β-unsaturated/α-hetero) is 1. The third-order valence-electron chi connectivity index (χ3n) is 3.17. The number of alkyl halides is 1. The molecular weight excluding hydrogens is 220 g/mol. The summed E-state index contributed by atoms with van der Waals surface area (Å²) in [5.74, 6) is 0.364. The number of carbonyl (C=O) groups excluding carboxylic acids is 1. The molecule has 0 amide bonds. The van der Waals surface area contributed by atoms with E-state index in [0.29, 0.717) is 11.1 Å². The fraction of sp³-hybridized carbons (Fsp3) is 0.889. The lowest BCUT2D eigenvalue weighted by molar-refractivity contribution is -0.212. The second kappa shape index (κ2) is 2.55. The molecule has 0 radical (unpaired) electrons. The quantitative estimate of drug-likeness (QED) is 0.681. The first-order valence-electron chi connectivity index (χ1n) is 4.34. The normalized spacial score (nSPS) is 45.2. The van der Waals surface area contributed by atoms with Crippen LogP contribution in [0.25, 0.3) is 0 Å². The number of fused-ring (bicyclic) bond motifs is 2. The first kappa shape index (κ1) is 8.70. The van der Waals surface area contributed by atoms with Gasteiger partial charge in [-0.25, -0.2) is 0 Å². The van der Waals surface area contributed by atoms with Crippen molar-refractivity contribution < 1.29 is 9.53 Å². The molecular formula is C9H13BrO2. The molecule has 0 spiro atoms. The van der Waals surface area contributed by atoms with Crippen LogP contribution in [-0.4, -0.2) is 23.3 Å². The third kappa shape index (κ3) is 1.06. The molecule has 3 fully saturated rings. The van der Waals surface area contributed by atoms with Crippen LogP contribution in [0.1, 0.15) is 26.2 Å². The van der Waals surface area contributed by atoms with Crippen molar-refractivity contribution in [3.63, 3.8) is 0 Å². The number of carbonyl (C=O) groups is 1. The fourth-order valence-electron chi connectivity index (χ4n) is 2.63. The second-order valence-corrected chi connectivity index (χ2v) is 4.80. The zero-order chi connectivity index (χ0) is 8.82. The molecule has 3 rings (SSSR count). The van der Waals surface area contributed by atoms with Gasteiger partial charge in [0.1, 0.15) is 5.78 Å². The van der Waals surface area contributed by atoms with E-state index in [-0.39, 0.29) is 11.0 Å². The number of hydrogen-bond donors (Lipinski definition) is 0. The minimum absolute atomic E-state index is 0.0174. The Balaban J connectivity index is 2.11. The van der Waals surface area contributed by atoms with E-state index < -0.39 is 0 Å². The summed E-state index contributed by atoms with van der Waals surface area (Å²) in [5, 5.41) is 0.503. The van der Waals surface area contributed by atoms with Crippen LogP contribution in [0, 0.1) is 5.41 Å². The highest BCUT2D eigenvalue weighted by Crippen LogP contribution is 2.56. The molecule has 1 aliphatic carbocycles. The van der Waals surface area contributed by atoms with Crippen molar-refractivity contribution >= 4 is 21.7 Å². The average Bonchev–Trinajstić information content (AvgIpc) is 2.01. The van der Waals surface area contributed by atoms with Crippen LogP contribution < -0.4 is 0 Å². The number of rotatable bonds is 2. The van der Waals surface area contributed by atoms with Gasteiger partial charge in [-0.15, -0.1) is 0 Å². The molecule has 0 aromatic heterocycles. The molecule has 2 bridgehead atoms. The maximum absolute atomic E-state index is 11.6. The first-order chi connectivity index (χ1) is 5.60. The van der Waals surface area contributed by atoms with E-state index in [9.17, 15) is 4.79 Å². The molecule has 2 nitrogen and oxygen atoms in total. The van der Waals surface area contributed by atoms with Crippen LogP contribution in [0.2, 0.25) is 0 Å². The Morgan fingerprint density at radius 3 is 2.75 bits per heavy atom. The van der Waals surface area contributed by atoms with E-state index >= 15 is 0 Å². The van der Waals surface area contributed by atoms with Crippen molar-refractivity contribution in [3.8, 4) is 0 Å². The molecule has 0 unspecified atom stereocenters. The SMILES string of the molecule is CC12CC(C(=O)CBr)(CCO1)C2. The van der Waals surface area contributed by atoms with E-state index in [1.165, 1.54) is 0 Å². The molecule has 0 aromatic rings. The standard InChI is InChI=1S/C9H13BrO2/c1-8-5-9(6-8,2-3-12-8)7(11)4-10/h2-6H2,1H3. The van der Waals surface area contributed by atoms with Gasteiger partial charge in [0.15, 0.2) is 0 Å². The largest absolute Gasteiger partial charge is 0.375 e. The fourth-order valence-corrected chi connectivity index (χ4v) is 3.22. The van der Waals surface area contributed by atoms with Gasteiger partial charge in [0.2, 0.25) is 0 Å². The van der Waals surface area contributed by atoms with Crippen molar-refractivity contribution in [1.82, 2.24) is 0 Å². The van der Waals surface area contributed by atoms with Crippen molar-refractivity contribution in [2.24, 2.45) is 5.41 Å². The summed E-state index contributed by atoms with van der Waals surface area (Å²) in [7, 11) is 0. The molecule has 0 N–H and O–H groups in total. The molecule has 1 saturated carbocycles. The minimum Gasteiger partial charge on any atom is -0.375 e. The topological polar surface area (TPSA) is 26.3 Å². The zero-order valence-corrected chi connectivity index (χ0v) is 8.82. The molecule has 2 saturated heterocycles. The van der Waals surface area contributed by atoms with Gasteiger partial charge in [-0.2, -0.15) is 0 Å². The molecule has 3 aliphatic rings. The summed E-state index contributed by atoms with van der Waals surface area (Å²) in [6.45, 7) is 2.86. The van der Waals surface area contributed by atoms with Gasteiger partial charge in [0, 0.05) is 12.0 Å². The Labute approximate surface area is 80.8 Å². The van der Waals surface area contributed by atoms with E-state index in [1.54, 1.807) is 0 Å². The van der Waals surface area contributed by atoms with E-state index in [0.717, 1.165) is 25.9 Å². The minimum atomic E-state index is -0.0174. The van der Waals surface area contributed by atoms with Gasteiger partial charge < -0.3 is 4.74 Å². The summed E-state index contributed by atoms with van der Waals surface area (Å²) in [6, 6.07) is 0. The third-order valence-corrected chi connectivity index (χ3v) is 3.68. The Kier molecular flexibility index (Phi) is 1.85. The molecule has 68 valence electrons. The Hall–Kier alpha value is 0.110. The Morgan fingerprint density at radius 1 is 1.58 bits per heavy atom. The Bertz CT molecular complexity index is 219. The summed E-state index contributed by atoms with van der Waals surface area (Å²) in [5.41, 5.74) is 0.00653. The van der Waals surface area contributed by atoms with Crippen LogP contribution in [0.5, 0.6) is 0 Å². The predicted octanol–water partition coefficient (Wildman–Crippen LogP) is 1.91. The van der Waals surface area contributed by atoms with Crippen LogP contribution in [-0.2, 0) is 9.53 Å². The highest BCUT2D eigenvalue weighted by Gasteiger charge is 2.59. The van der Waals surface area contributed by atoms with Crippen molar-refractivity contribution in [1.29, 1.82) is 0 Å². The second-order valence-electron chi connectivity index (χ2n) is 4.24. The van der Waals surface area contributed by atoms with Gasteiger partial charge in [-0.3, -0.25) is 4.79 Å². The predicted molar refractivity (Wildman–Crippen MR) is 49.4 cm³/mol. The Morgan fingerprint density at radius 2 is 2.25 bits per heavy atom. The zero-order valence-electron chi connectivity index (χ0n) is 7.23.